The number of benzene rings is 1. The van der Waals surface area contributed by atoms with E-state index in [0.717, 1.165) is 16.9 Å². The maximum absolute atomic E-state index is 5.65. The minimum absolute atomic E-state index is 0.447. The number of hydrogen-bond donors (Lipinski definition) is 0. The fraction of sp³-hybridized carbons (Fsp3) is 0.286. The number of nitrogens with zero attached hydrogens (tertiary/aromatic N) is 2. The van der Waals surface area contributed by atoms with Crippen molar-refractivity contribution in [2.75, 3.05) is 7.11 Å². The second-order valence-electron chi connectivity index (χ2n) is 4.13. The van der Waals surface area contributed by atoms with Gasteiger partial charge in [-0.15, -0.1) is 0 Å². The van der Waals surface area contributed by atoms with Gasteiger partial charge in [0.05, 0.1) is 19.5 Å². The molecule has 0 N–H and O–H groups in total. The topological polar surface area (TPSA) is 44.2 Å². The summed E-state index contributed by atoms with van der Waals surface area (Å²) in [6.07, 6.45) is 4.76. The Bertz CT molecular complexity index is 527. The molecule has 0 saturated carbocycles. The molecule has 4 heteroatoms. The average Bonchev–Trinajstić information content (AvgIpc) is 2.38. The molecule has 0 aliphatic rings. The SMILES string of the molecule is COc1cc(C)cc(C)c1COc1cncnc1. The van der Waals surface area contributed by atoms with Gasteiger partial charge in [-0.1, -0.05) is 6.07 Å². The number of rotatable bonds is 4. The standard InChI is InChI=1S/C14H16N2O2/c1-10-4-11(2)13(14(5-10)17-3)8-18-12-6-15-9-16-7-12/h4-7,9H,8H2,1-3H3. The van der Waals surface area contributed by atoms with Crippen molar-refractivity contribution in [3.63, 3.8) is 0 Å². The smallest absolute Gasteiger partial charge is 0.156 e. The molecule has 0 radical (unpaired) electrons. The highest BCUT2D eigenvalue weighted by Crippen LogP contribution is 2.25. The summed E-state index contributed by atoms with van der Waals surface area (Å²) in [6.45, 7) is 4.55. The molecule has 18 heavy (non-hydrogen) atoms. The van der Waals surface area contributed by atoms with Crippen LogP contribution in [0.3, 0.4) is 0 Å². The van der Waals surface area contributed by atoms with E-state index in [1.54, 1.807) is 19.5 Å². The third kappa shape index (κ3) is 2.77. The van der Waals surface area contributed by atoms with Crippen LogP contribution in [-0.4, -0.2) is 17.1 Å². The summed E-state index contributed by atoms with van der Waals surface area (Å²) >= 11 is 0. The lowest BCUT2D eigenvalue weighted by atomic mass is 10.1. The molecule has 0 fully saturated rings. The van der Waals surface area contributed by atoms with Crippen LogP contribution in [-0.2, 0) is 6.61 Å². The van der Waals surface area contributed by atoms with Crippen molar-refractivity contribution in [1.29, 1.82) is 0 Å². The van der Waals surface area contributed by atoms with Gasteiger partial charge in [-0.05, 0) is 31.0 Å². The van der Waals surface area contributed by atoms with E-state index in [1.165, 1.54) is 11.9 Å². The molecule has 1 aromatic carbocycles. The van der Waals surface area contributed by atoms with Gasteiger partial charge in [0.2, 0.25) is 0 Å². The molecule has 2 aromatic rings. The zero-order valence-corrected chi connectivity index (χ0v) is 10.8. The lowest BCUT2D eigenvalue weighted by Gasteiger charge is -2.13. The molecular formula is C14H16N2O2. The van der Waals surface area contributed by atoms with Gasteiger partial charge in [0.1, 0.15) is 18.7 Å². The largest absolute Gasteiger partial charge is 0.496 e. The number of hydrogen-bond acceptors (Lipinski definition) is 4. The second-order valence-corrected chi connectivity index (χ2v) is 4.13. The maximum Gasteiger partial charge on any atom is 0.156 e. The molecule has 94 valence electrons. The van der Waals surface area contributed by atoms with Crippen LogP contribution in [0.1, 0.15) is 16.7 Å². The van der Waals surface area contributed by atoms with Crippen LogP contribution in [0.4, 0.5) is 0 Å². The predicted molar refractivity (Wildman–Crippen MR) is 68.8 cm³/mol. The molecule has 0 saturated heterocycles. The normalized spacial score (nSPS) is 10.2. The van der Waals surface area contributed by atoms with Gasteiger partial charge in [0.25, 0.3) is 0 Å². The molecule has 0 atom stereocenters. The van der Waals surface area contributed by atoms with E-state index in [4.69, 9.17) is 9.47 Å². The molecule has 4 nitrogen and oxygen atoms in total. The third-order valence-electron chi connectivity index (χ3n) is 2.72. The van der Waals surface area contributed by atoms with Gasteiger partial charge >= 0.3 is 0 Å². The predicted octanol–water partition coefficient (Wildman–Crippen LogP) is 2.68. The first-order valence-corrected chi connectivity index (χ1v) is 5.72. The molecule has 0 amide bonds. The van der Waals surface area contributed by atoms with E-state index in [2.05, 4.69) is 23.0 Å². The zero-order valence-electron chi connectivity index (χ0n) is 10.8. The Morgan fingerprint density at radius 1 is 1.11 bits per heavy atom. The van der Waals surface area contributed by atoms with Gasteiger partial charge in [0.15, 0.2) is 5.75 Å². The average molecular weight is 244 g/mol. The molecule has 1 heterocycles. The Morgan fingerprint density at radius 2 is 1.83 bits per heavy atom. The Labute approximate surface area is 107 Å². The lowest BCUT2D eigenvalue weighted by molar-refractivity contribution is 0.293. The lowest BCUT2D eigenvalue weighted by Crippen LogP contribution is -2.02. The fourth-order valence-electron chi connectivity index (χ4n) is 1.84. The van der Waals surface area contributed by atoms with Crippen molar-refractivity contribution in [3.8, 4) is 11.5 Å². The molecule has 0 aliphatic heterocycles. The Balaban J connectivity index is 2.19. The van der Waals surface area contributed by atoms with Crippen molar-refractivity contribution in [2.45, 2.75) is 20.5 Å². The van der Waals surface area contributed by atoms with Crippen LogP contribution in [0.25, 0.3) is 0 Å². The van der Waals surface area contributed by atoms with Crippen molar-refractivity contribution in [1.82, 2.24) is 9.97 Å². The van der Waals surface area contributed by atoms with Gasteiger partial charge < -0.3 is 9.47 Å². The van der Waals surface area contributed by atoms with Gasteiger partial charge in [0, 0.05) is 5.56 Å². The Hall–Kier alpha value is -2.10. The van der Waals surface area contributed by atoms with E-state index in [1.807, 2.05) is 13.0 Å². The molecule has 0 bridgehead atoms. The maximum atomic E-state index is 5.65. The fourth-order valence-corrected chi connectivity index (χ4v) is 1.84. The van der Waals surface area contributed by atoms with Crippen LogP contribution in [0, 0.1) is 13.8 Å². The quantitative estimate of drug-likeness (QED) is 0.829. The van der Waals surface area contributed by atoms with Crippen LogP contribution < -0.4 is 9.47 Å². The van der Waals surface area contributed by atoms with Gasteiger partial charge in [-0.2, -0.15) is 0 Å². The molecular weight excluding hydrogens is 228 g/mol. The first-order valence-electron chi connectivity index (χ1n) is 5.72. The van der Waals surface area contributed by atoms with E-state index in [0.29, 0.717) is 12.4 Å². The highest BCUT2D eigenvalue weighted by molar-refractivity contribution is 5.42. The summed E-state index contributed by atoms with van der Waals surface area (Å²) in [6, 6.07) is 4.12. The van der Waals surface area contributed by atoms with Crippen LogP contribution >= 0.6 is 0 Å². The molecule has 0 unspecified atom stereocenters. The van der Waals surface area contributed by atoms with Crippen molar-refractivity contribution < 1.29 is 9.47 Å². The summed E-state index contributed by atoms with van der Waals surface area (Å²) in [4.78, 5) is 7.82. The van der Waals surface area contributed by atoms with Crippen LogP contribution in [0.5, 0.6) is 11.5 Å². The first-order chi connectivity index (χ1) is 8.70. The summed E-state index contributed by atoms with van der Waals surface area (Å²) in [5.74, 6) is 1.50. The minimum Gasteiger partial charge on any atom is -0.496 e. The van der Waals surface area contributed by atoms with Gasteiger partial charge in [-0.3, -0.25) is 0 Å². The summed E-state index contributed by atoms with van der Waals surface area (Å²) < 4.78 is 11.0. The number of aromatic nitrogens is 2. The minimum atomic E-state index is 0.447. The zero-order chi connectivity index (χ0) is 13.0. The van der Waals surface area contributed by atoms with E-state index < -0.39 is 0 Å². The molecule has 1 aromatic heterocycles. The van der Waals surface area contributed by atoms with Crippen LogP contribution in [0.15, 0.2) is 30.9 Å². The molecule has 0 spiro atoms. The van der Waals surface area contributed by atoms with E-state index in [9.17, 15) is 0 Å². The third-order valence-corrected chi connectivity index (χ3v) is 2.72. The Morgan fingerprint density at radius 3 is 2.50 bits per heavy atom. The number of aryl methyl sites for hydroxylation is 2. The summed E-state index contributed by atoms with van der Waals surface area (Å²) in [5.41, 5.74) is 3.38. The second kappa shape index (κ2) is 5.49. The number of methoxy groups -OCH3 is 1. The van der Waals surface area contributed by atoms with Crippen molar-refractivity contribution in [2.24, 2.45) is 0 Å². The highest BCUT2D eigenvalue weighted by atomic mass is 16.5. The summed E-state index contributed by atoms with van der Waals surface area (Å²) in [7, 11) is 1.67. The van der Waals surface area contributed by atoms with Crippen molar-refractivity contribution >= 4 is 0 Å². The molecule has 2 rings (SSSR count). The van der Waals surface area contributed by atoms with Crippen molar-refractivity contribution in [3.05, 3.63) is 47.5 Å². The molecule has 0 aliphatic carbocycles. The monoisotopic (exact) mass is 244 g/mol. The highest BCUT2D eigenvalue weighted by Gasteiger charge is 2.08. The Kier molecular flexibility index (Phi) is 3.77. The van der Waals surface area contributed by atoms with E-state index in [-0.39, 0.29) is 0 Å². The van der Waals surface area contributed by atoms with Gasteiger partial charge in [-0.25, -0.2) is 9.97 Å². The van der Waals surface area contributed by atoms with Crippen LogP contribution in [0.2, 0.25) is 0 Å². The van der Waals surface area contributed by atoms with E-state index >= 15 is 0 Å². The summed E-state index contributed by atoms with van der Waals surface area (Å²) in [5, 5.41) is 0. The number of ether oxygens (including phenoxy) is 2. The first kappa shape index (κ1) is 12.4.